The number of piperidine rings is 1. The zero-order valence-corrected chi connectivity index (χ0v) is 15.5. The standard InChI is InChI=1S/C20H22F3N3O2/c1-14-4-2-10-24-18(14)25-19(27)16-5-3-11-26(13-16)12-15-6-8-17(9-7-15)28-20(21,22)23/h2,4,6-10,16H,3,5,11-13H2,1H3,(H,24,25,27). The quantitative estimate of drug-likeness (QED) is 0.830. The Bertz CT molecular complexity index is 809. The summed E-state index contributed by atoms with van der Waals surface area (Å²) in [6.45, 7) is 3.90. The predicted molar refractivity (Wildman–Crippen MR) is 98.7 cm³/mol. The van der Waals surface area contributed by atoms with Crippen molar-refractivity contribution in [1.29, 1.82) is 0 Å². The maximum absolute atomic E-state index is 12.6. The number of carbonyl (C=O) groups excluding carboxylic acids is 1. The third-order valence-corrected chi connectivity index (χ3v) is 4.69. The summed E-state index contributed by atoms with van der Waals surface area (Å²) in [5.74, 6) is 0.131. The number of halogens is 3. The normalized spacial score (nSPS) is 17.9. The highest BCUT2D eigenvalue weighted by molar-refractivity contribution is 5.92. The average molecular weight is 393 g/mol. The molecule has 2 heterocycles. The lowest BCUT2D eigenvalue weighted by atomic mass is 9.96. The maximum atomic E-state index is 12.6. The minimum atomic E-state index is -4.69. The largest absolute Gasteiger partial charge is 0.573 e. The molecule has 2 aromatic rings. The van der Waals surface area contributed by atoms with E-state index in [1.165, 1.54) is 12.1 Å². The molecule has 0 radical (unpaired) electrons. The molecule has 0 aliphatic carbocycles. The molecule has 1 aliphatic heterocycles. The van der Waals surface area contributed by atoms with Crippen LogP contribution >= 0.6 is 0 Å². The van der Waals surface area contributed by atoms with Crippen molar-refractivity contribution in [1.82, 2.24) is 9.88 Å². The molecule has 1 aromatic heterocycles. The minimum Gasteiger partial charge on any atom is -0.406 e. The van der Waals surface area contributed by atoms with Gasteiger partial charge in [0.05, 0.1) is 5.92 Å². The van der Waals surface area contributed by atoms with Crippen molar-refractivity contribution in [2.24, 2.45) is 5.92 Å². The van der Waals surface area contributed by atoms with Crippen LogP contribution < -0.4 is 10.1 Å². The second kappa shape index (κ2) is 8.60. The summed E-state index contributed by atoms with van der Waals surface area (Å²) in [4.78, 5) is 18.9. The fourth-order valence-corrected chi connectivity index (χ4v) is 3.30. The number of likely N-dealkylation sites (tertiary alicyclic amines) is 1. The molecule has 3 rings (SSSR count). The lowest BCUT2D eigenvalue weighted by Crippen LogP contribution is -2.40. The third kappa shape index (κ3) is 5.69. The van der Waals surface area contributed by atoms with Crippen LogP contribution in [0.5, 0.6) is 5.75 Å². The topological polar surface area (TPSA) is 54.5 Å². The average Bonchev–Trinajstić information content (AvgIpc) is 2.64. The van der Waals surface area contributed by atoms with Crippen molar-refractivity contribution in [2.75, 3.05) is 18.4 Å². The van der Waals surface area contributed by atoms with Gasteiger partial charge >= 0.3 is 6.36 Å². The first kappa shape index (κ1) is 20.1. The van der Waals surface area contributed by atoms with Crippen LogP contribution in [-0.2, 0) is 11.3 Å². The molecule has 0 spiro atoms. The second-order valence-corrected chi connectivity index (χ2v) is 6.92. The van der Waals surface area contributed by atoms with E-state index in [1.807, 2.05) is 19.1 Å². The van der Waals surface area contributed by atoms with Gasteiger partial charge in [-0.05, 0) is 55.6 Å². The van der Waals surface area contributed by atoms with E-state index in [0.29, 0.717) is 18.9 Å². The van der Waals surface area contributed by atoms with Crippen molar-refractivity contribution in [3.63, 3.8) is 0 Å². The number of hydrogen-bond donors (Lipinski definition) is 1. The summed E-state index contributed by atoms with van der Waals surface area (Å²) in [5.41, 5.74) is 1.78. The van der Waals surface area contributed by atoms with Gasteiger partial charge in [-0.15, -0.1) is 13.2 Å². The van der Waals surface area contributed by atoms with Gasteiger partial charge in [-0.1, -0.05) is 18.2 Å². The van der Waals surface area contributed by atoms with Crippen molar-refractivity contribution in [2.45, 2.75) is 32.7 Å². The molecular weight excluding hydrogens is 371 g/mol. The summed E-state index contributed by atoms with van der Waals surface area (Å²) in [5, 5.41) is 2.89. The Morgan fingerprint density at radius 1 is 1.29 bits per heavy atom. The Kier molecular flexibility index (Phi) is 6.18. The summed E-state index contributed by atoms with van der Waals surface area (Å²) >= 11 is 0. The van der Waals surface area contributed by atoms with Gasteiger partial charge in [-0.2, -0.15) is 0 Å². The lowest BCUT2D eigenvalue weighted by molar-refractivity contribution is -0.274. The van der Waals surface area contributed by atoms with E-state index in [4.69, 9.17) is 0 Å². The Balaban J connectivity index is 1.56. The van der Waals surface area contributed by atoms with Gasteiger partial charge in [0.2, 0.25) is 5.91 Å². The molecule has 1 saturated heterocycles. The number of rotatable bonds is 5. The van der Waals surface area contributed by atoms with Crippen LogP contribution in [0.3, 0.4) is 0 Å². The number of ether oxygens (including phenoxy) is 1. The van der Waals surface area contributed by atoms with Crippen LogP contribution in [0.2, 0.25) is 0 Å². The molecule has 1 fully saturated rings. The number of nitrogens with one attached hydrogen (secondary N) is 1. The molecule has 0 saturated carbocycles. The predicted octanol–water partition coefficient (Wildman–Crippen LogP) is 4.14. The Morgan fingerprint density at radius 2 is 2.04 bits per heavy atom. The Hall–Kier alpha value is -2.61. The number of anilines is 1. The van der Waals surface area contributed by atoms with E-state index < -0.39 is 6.36 Å². The number of nitrogens with zero attached hydrogens (tertiary/aromatic N) is 2. The van der Waals surface area contributed by atoms with Crippen molar-refractivity contribution in [3.05, 3.63) is 53.7 Å². The summed E-state index contributed by atoms with van der Waals surface area (Å²) in [7, 11) is 0. The molecule has 1 aromatic carbocycles. The van der Waals surface area contributed by atoms with E-state index in [9.17, 15) is 18.0 Å². The fraction of sp³-hybridized carbons (Fsp3) is 0.400. The molecule has 5 nitrogen and oxygen atoms in total. The summed E-state index contributed by atoms with van der Waals surface area (Å²) in [6.07, 6.45) is -1.37. The number of pyridine rings is 1. The van der Waals surface area contributed by atoms with Crippen LogP contribution in [0, 0.1) is 12.8 Å². The van der Waals surface area contributed by atoms with Crippen LogP contribution in [0.15, 0.2) is 42.6 Å². The number of benzene rings is 1. The highest BCUT2D eigenvalue weighted by Gasteiger charge is 2.31. The Morgan fingerprint density at radius 3 is 2.71 bits per heavy atom. The summed E-state index contributed by atoms with van der Waals surface area (Å²) < 4.78 is 40.6. The molecule has 28 heavy (non-hydrogen) atoms. The first-order valence-corrected chi connectivity index (χ1v) is 9.10. The smallest absolute Gasteiger partial charge is 0.406 e. The monoisotopic (exact) mass is 393 g/mol. The van der Waals surface area contributed by atoms with Gasteiger partial charge in [0.15, 0.2) is 0 Å². The summed E-state index contributed by atoms with van der Waals surface area (Å²) in [6, 6.07) is 9.55. The molecule has 1 N–H and O–H groups in total. The van der Waals surface area contributed by atoms with Crippen LogP contribution in [0.25, 0.3) is 0 Å². The van der Waals surface area contributed by atoms with Gasteiger partial charge in [0.25, 0.3) is 0 Å². The van der Waals surface area contributed by atoms with E-state index in [1.54, 1.807) is 18.3 Å². The SMILES string of the molecule is Cc1cccnc1NC(=O)C1CCCN(Cc2ccc(OC(F)(F)F)cc2)C1. The van der Waals surface area contributed by atoms with Crippen LogP contribution in [0.4, 0.5) is 19.0 Å². The Labute approximate surface area is 161 Å². The van der Waals surface area contributed by atoms with Crippen LogP contribution in [-0.4, -0.2) is 35.2 Å². The van der Waals surface area contributed by atoms with Crippen molar-refractivity contribution in [3.8, 4) is 5.75 Å². The van der Waals surface area contributed by atoms with Gasteiger partial charge < -0.3 is 10.1 Å². The van der Waals surface area contributed by atoms with Gasteiger partial charge in [-0.3, -0.25) is 9.69 Å². The second-order valence-electron chi connectivity index (χ2n) is 6.92. The minimum absolute atomic E-state index is 0.0552. The zero-order valence-electron chi connectivity index (χ0n) is 15.5. The third-order valence-electron chi connectivity index (χ3n) is 4.69. The maximum Gasteiger partial charge on any atom is 0.573 e. The molecule has 1 amide bonds. The van der Waals surface area contributed by atoms with Crippen molar-refractivity contribution >= 4 is 11.7 Å². The highest BCUT2D eigenvalue weighted by Crippen LogP contribution is 2.24. The van der Waals surface area contributed by atoms with E-state index in [-0.39, 0.29) is 17.6 Å². The van der Waals surface area contributed by atoms with Crippen molar-refractivity contribution < 1.29 is 22.7 Å². The van der Waals surface area contributed by atoms with Gasteiger partial charge in [0.1, 0.15) is 11.6 Å². The van der Waals surface area contributed by atoms with Gasteiger partial charge in [0, 0.05) is 19.3 Å². The number of alkyl halides is 3. The van der Waals surface area contributed by atoms with E-state index >= 15 is 0 Å². The molecule has 8 heteroatoms. The molecular formula is C20H22F3N3O2. The van der Waals surface area contributed by atoms with E-state index in [0.717, 1.165) is 30.5 Å². The zero-order chi connectivity index (χ0) is 20.1. The molecule has 1 atom stereocenters. The molecule has 150 valence electrons. The number of aromatic nitrogens is 1. The lowest BCUT2D eigenvalue weighted by Gasteiger charge is -2.32. The fourth-order valence-electron chi connectivity index (χ4n) is 3.30. The first-order valence-electron chi connectivity index (χ1n) is 9.10. The molecule has 0 bridgehead atoms. The first-order chi connectivity index (χ1) is 13.3. The number of aryl methyl sites for hydroxylation is 1. The van der Waals surface area contributed by atoms with E-state index in [2.05, 4.69) is 19.9 Å². The number of amides is 1. The van der Waals surface area contributed by atoms with Crippen LogP contribution in [0.1, 0.15) is 24.0 Å². The van der Waals surface area contributed by atoms with Gasteiger partial charge in [-0.25, -0.2) is 4.98 Å². The highest BCUT2D eigenvalue weighted by atomic mass is 19.4. The number of carbonyl (C=O) groups is 1. The molecule has 1 aliphatic rings. The number of hydrogen-bond acceptors (Lipinski definition) is 4. The molecule has 1 unspecified atom stereocenters.